The Morgan fingerprint density at radius 1 is 1.17 bits per heavy atom. The van der Waals surface area contributed by atoms with E-state index in [1.54, 1.807) is 6.92 Å². The third-order valence-corrected chi connectivity index (χ3v) is 2.81. The van der Waals surface area contributed by atoms with Gasteiger partial charge < -0.3 is 4.90 Å². The van der Waals surface area contributed by atoms with Gasteiger partial charge in [0.25, 0.3) is 0 Å². The molecule has 0 spiro atoms. The molecule has 0 aromatic heterocycles. The van der Waals surface area contributed by atoms with Crippen LogP contribution < -0.4 is 0 Å². The lowest BCUT2D eigenvalue weighted by atomic mass is 10.0. The Morgan fingerprint density at radius 2 is 1.72 bits per heavy atom. The Morgan fingerprint density at radius 3 is 2.17 bits per heavy atom. The number of nitrogens with zero attached hydrogens (tertiary/aromatic N) is 1. The molecule has 0 saturated carbocycles. The fraction of sp³-hybridized carbons (Fsp3) is 0.438. The first-order valence-electron chi connectivity index (χ1n) is 6.31. The molecule has 0 fully saturated rings. The molecule has 0 saturated heterocycles. The SMILES string of the molecule is CC(=O)N(CC(C)=Cc1ccccc1)C(C)(C)C. The molecule has 0 aliphatic rings. The number of carbonyl (C=O) groups is 1. The summed E-state index contributed by atoms with van der Waals surface area (Å²) < 4.78 is 0. The van der Waals surface area contributed by atoms with Crippen molar-refractivity contribution in [3.8, 4) is 0 Å². The van der Waals surface area contributed by atoms with E-state index >= 15 is 0 Å². The minimum atomic E-state index is -0.141. The molecule has 0 heterocycles. The van der Waals surface area contributed by atoms with Gasteiger partial charge in [0.2, 0.25) is 5.91 Å². The first-order valence-corrected chi connectivity index (χ1v) is 6.31. The van der Waals surface area contributed by atoms with Crippen LogP contribution in [0.2, 0.25) is 0 Å². The summed E-state index contributed by atoms with van der Waals surface area (Å²) in [6.07, 6.45) is 2.13. The number of benzene rings is 1. The van der Waals surface area contributed by atoms with Crippen LogP contribution in [0.25, 0.3) is 6.08 Å². The highest BCUT2D eigenvalue weighted by Crippen LogP contribution is 2.16. The third-order valence-electron chi connectivity index (χ3n) is 2.81. The largest absolute Gasteiger partial charge is 0.334 e. The molecule has 1 amide bonds. The number of carbonyl (C=O) groups excluding carboxylic acids is 1. The van der Waals surface area contributed by atoms with Gasteiger partial charge in [0.15, 0.2) is 0 Å². The highest BCUT2D eigenvalue weighted by Gasteiger charge is 2.23. The summed E-state index contributed by atoms with van der Waals surface area (Å²) >= 11 is 0. The highest BCUT2D eigenvalue weighted by molar-refractivity contribution is 5.74. The monoisotopic (exact) mass is 245 g/mol. The van der Waals surface area contributed by atoms with Gasteiger partial charge in [0, 0.05) is 19.0 Å². The summed E-state index contributed by atoms with van der Waals surface area (Å²) in [5.74, 6) is 0.114. The topological polar surface area (TPSA) is 20.3 Å². The number of rotatable bonds is 3. The van der Waals surface area contributed by atoms with Gasteiger partial charge >= 0.3 is 0 Å². The van der Waals surface area contributed by atoms with Crippen molar-refractivity contribution in [2.45, 2.75) is 40.2 Å². The van der Waals surface area contributed by atoms with Crippen molar-refractivity contribution in [3.05, 3.63) is 41.5 Å². The van der Waals surface area contributed by atoms with Gasteiger partial charge in [-0.05, 0) is 33.3 Å². The van der Waals surface area contributed by atoms with Gasteiger partial charge in [-0.3, -0.25) is 4.79 Å². The zero-order chi connectivity index (χ0) is 13.8. The molecular formula is C16H23NO. The molecule has 1 rings (SSSR count). The van der Waals surface area contributed by atoms with E-state index in [9.17, 15) is 4.79 Å². The Hall–Kier alpha value is -1.57. The molecule has 0 N–H and O–H groups in total. The zero-order valence-electron chi connectivity index (χ0n) is 12.0. The smallest absolute Gasteiger partial charge is 0.220 e. The number of amides is 1. The molecule has 0 unspecified atom stereocenters. The quantitative estimate of drug-likeness (QED) is 0.794. The maximum atomic E-state index is 11.7. The van der Waals surface area contributed by atoms with Crippen molar-refractivity contribution >= 4 is 12.0 Å². The Kier molecular flexibility index (Phi) is 4.71. The number of hydrogen-bond donors (Lipinski definition) is 0. The van der Waals surface area contributed by atoms with Gasteiger partial charge in [-0.1, -0.05) is 42.0 Å². The minimum Gasteiger partial charge on any atom is -0.334 e. The fourth-order valence-corrected chi connectivity index (χ4v) is 1.95. The first kappa shape index (κ1) is 14.5. The number of hydrogen-bond acceptors (Lipinski definition) is 1. The van der Waals surface area contributed by atoms with Crippen LogP contribution in [0.15, 0.2) is 35.9 Å². The van der Waals surface area contributed by atoms with Crippen LogP contribution in [0.1, 0.15) is 40.2 Å². The molecule has 1 aromatic carbocycles. The standard InChI is InChI=1S/C16H23NO/c1-13(11-15-9-7-6-8-10-15)12-17(14(2)18)16(3,4)5/h6-11H,12H2,1-5H3. The van der Waals surface area contributed by atoms with Crippen molar-refractivity contribution in [3.63, 3.8) is 0 Å². The molecule has 98 valence electrons. The summed E-state index contributed by atoms with van der Waals surface area (Å²) in [5, 5.41) is 0. The maximum Gasteiger partial charge on any atom is 0.220 e. The Bertz CT molecular complexity index is 426. The second kappa shape index (κ2) is 5.85. The average molecular weight is 245 g/mol. The molecule has 18 heavy (non-hydrogen) atoms. The lowest BCUT2D eigenvalue weighted by Gasteiger charge is -2.35. The van der Waals surface area contributed by atoms with Crippen molar-refractivity contribution in [1.29, 1.82) is 0 Å². The van der Waals surface area contributed by atoms with Crippen LogP contribution in [0, 0.1) is 0 Å². The van der Waals surface area contributed by atoms with Gasteiger partial charge in [-0.2, -0.15) is 0 Å². The summed E-state index contributed by atoms with van der Waals surface area (Å²) in [7, 11) is 0. The second-order valence-corrected chi connectivity index (χ2v) is 5.68. The molecule has 2 nitrogen and oxygen atoms in total. The third kappa shape index (κ3) is 4.36. The zero-order valence-corrected chi connectivity index (χ0v) is 12.0. The van der Waals surface area contributed by atoms with E-state index in [4.69, 9.17) is 0 Å². The predicted molar refractivity (Wildman–Crippen MR) is 77.2 cm³/mol. The summed E-state index contributed by atoms with van der Waals surface area (Å²) in [4.78, 5) is 13.6. The van der Waals surface area contributed by atoms with E-state index in [-0.39, 0.29) is 11.4 Å². The molecular weight excluding hydrogens is 222 g/mol. The van der Waals surface area contributed by atoms with Crippen molar-refractivity contribution < 1.29 is 4.79 Å². The van der Waals surface area contributed by atoms with Crippen LogP contribution in [0.4, 0.5) is 0 Å². The van der Waals surface area contributed by atoms with Crippen LogP contribution in [0.5, 0.6) is 0 Å². The Labute approximate surface area is 110 Å². The molecule has 0 radical (unpaired) electrons. The highest BCUT2D eigenvalue weighted by atomic mass is 16.2. The Balaban J connectivity index is 2.83. The van der Waals surface area contributed by atoms with Crippen LogP contribution in [-0.4, -0.2) is 22.9 Å². The van der Waals surface area contributed by atoms with Crippen molar-refractivity contribution in [2.24, 2.45) is 0 Å². The summed E-state index contributed by atoms with van der Waals surface area (Å²) in [6, 6.07) is 10.2. The normalized spacial score (nSPS) is 12.4. The van der Waals surface area contributed by atoms with E-state index in [0.717, 1.165) is 0 Å². The lowest BCUT2D eigenvalue weighted by molar-refractivity contribution is -0.132. The minimum absolute atomic E-state index is 0.114. The fourth-order valence-electron chi connectivity index (χ4n) is 1.95. The van der Waals surface area contributed by atoms with E-state index in [1.807, 2.05) is 23.1 Å². The first-order chi connectivity index (χ1) is 8.30. The maximum absolute atomic E-state index is 11.7. The van der Waals surface area contributed by atoms with Crippen LogP contribution in [0.3, 0.4) is 0 Å². The van der Waals surface area contributed by atoms with Crippen LogP contribution >= 0.6 is 0 Å². The van der Waals surface area contributed by atoms with Gasteiger partial charge in [0.05, 0.1) is 0 Å². The molecule has 0 aliphatic carbocycles. The van der Waals surface area contributed by atoms with Gasteiger partial charge in [-0.15, -0.1) is 0 Å². The lowest BCUT2D eigenvalue weighted by Crippen LogP contribution is -2.45. The van der Waals surface area contributed by atoms with E-state index in [2.05, 4.69) is 45.9 Å². The van der Waals surface area contributed by atoms with Crippen LogP contribution in [-0.2, 0) is 4.79 Å². The molecule has 0 bridgehead atoms. The molecule has 0 atom stereocenters. The van der Waals surface area contributed by atoms with E-state index < -0.39 is 0 Å². The summed E-state index contributed by atoms with van der Waals surface area (Å²) in [6.45, 7) is 10.5. The average Bonchev–Trinajstić information content (AvgIpc) is 2.25. The van der Waals surface area contributed by atoms with E-state index in [0.29, 0.717) is 6.54 Å². The van der Waals surface area contributed by atoms with Crippen molar-refractivity contribution in [2.75, 3.05) is 6.54 Å². The molecule has 0 aliphatic heterocycles. The molecule has 1 aromatic rings. The van der Waals surface area contributed by atoms with Crippen molar-refractivity contribution in [1.82, 2.24) is 4.90 Å². The second-order valence-electron chi connectivity index (χ2n) is 5.68. The van der Waals surface area contributed by atoms with Gasteiger partial charge in [0.1, 0.15) is 0 Å². The van der Waals surface area contributed by atoms with Gasteiger partial charge in [-0.25, -0.2) is 0 Å². The molecule has 2 heteroatoms. The van der Waals surface area contributed by atoms with E-state index in [1.165, 1.54) is 11.1 Å². The summed E-state index contributed by atoms with van der Waals surface area (Å²) in [5.41, 5.74) is 2.22. The predicted octanol–water partition coefficient (Wildman–Crippen LogP) is 3.74.